The number of nitrogens with one attached hydrogen (secondary N) is 1. The highest BCUT2D eigenvalue weighted by atomic mass is 19.4. The predicted octanol–water partition coefficient (Wildman–Crippen LogP) is 5.75. The average molecular weight is 554 g/mol. The molecule has 11 heteroatoms. The van der Waals surface area contributed by atoms with Gasteiger partial charge in [0, 0.05) is 51.3 Å². The highest BCUT2D eigenvalue weighted by Crippen LogP contribution is 2.31. The molecule has 210 valence electrons. The molecule has 5 rings (SSSR count). The van der Waals surface area contributed by atoms with Crippen LogP contribution in [-0.4, -0.2) is 58.1 Å². The number of hydrogen-bond donors (Lipinski definition) is 1. The number of Topliss-reactive ketones (excluding diaryl/α,β-unsaturated/α-hetero) is 1. The van der Waals surface area contributed by atoms with Gasteiger partial charge in [-0.3, -0.25) is 14.7 Å². The van der Waals surface area contributed by atoms with Crippen molar-refractivity contribution in [1.82, 2.24) is 19.4 Å². The van der Waals surface area contributed by atoms with E-state index in [1.807, 2.05) is 17.7 Å². The Bertz CT molecular complexity index is 1480. The van der Waals surface area contributed by atoms with Gasteiger partial charge in [0.25, 0.3) is 0 Å². The maximum atomic E-state index is 12.9. The maximum absolute atomic E-state index is 12.9. The number of ether oxygens (including phenoxy) is 2. The van der Waals surface area contributed by atoms with Gasteiger partial charge in [0.05, 0.1) is 41.4 Å². The summed E-state index contributed by atoms with van der Waals surface area (Å²) in [6.45, 7) is 2.08. The van der Waals surface area contributed by atoms with Crippen molar-refractivity contribution in [1.29, 1.82) is 0 Å². The van der Waals surface area contributed by atoms with Crippen molar-refractivity contribution in [2.45, 2.75) is 31.5 Å². The van der Waals surface area contributed by atoms with Gasteiger partial charge in [-0.1, -0.05) is 0 Å². The number of carbonyl (C=O) groups is 1. The van der Waals surface area contributed by atoms with E-state index in [-0.39, 0.29) is 18.3 Å². The van der Waals surface area contributed by atoms with E-state index in [0.29, 0.717) is 40.9 Å². The number of rotatable bonds is 9. The molecule has 1 aliphatic rings. The smallest absolute Gasteiger partial charge is 0.416 e. The molecular weight excluding hydrogens is 523 g/mol. The summed E-state index contributed by atoms with van der Waals surface area (Å²) in [5, 5.41) is 3.06. The first-order chi connectivity index (χ1) is 19.2. The van der Waals surface area contributed by atoms with Crippen molar-refractivity contribution in [3.8, 4) is 11.5 Å². The van der Waals surface area contributed by atoms with E-state index in [2.05, 4.69) is 20.2 Å². The molecule has 0 saturated carbocycles. The van der Waals surface area contributed by atoms with Gasteiger partial charge in [0.15, 0.2) is 5.78 Å². The molecule has 0 spiro atoms. The molecule has 3 heterocycles. The van der Waals surface area contributed by atoms with Crippen molar-refractivity contribution >= 4 is 28.5 Å². The van der Waals surface area contributed by atoms with Gasteiger partial charge in [0.2, 0.25) is 5.95 Å². The summed E-state index contributed by atoms with van der Waals surface area (Å²) >= 11 is 0. The lowest BCUT2D eigenvalue weighted by molar-refractivity contribution is -0.137. The summed E-state index contributed by atoms with van der Waals surface area (Å²) in [4.78, 5) is 23.7. The number of aryl methyl sites for hydroxylation is 1. The summed E-state index contributed by atoms with van der Waals surface area (Å²) in [5.74, 6) is 1.68. The van der Waals surface area contributed by atoms with Gasteiger partial charge in [-0.2, -0.15) is 13.2 Å². The van der Waals surface area contributed by atoms with Crippen LogP contribution in [0.3, 0.4) is 0 Å². The number of halogens is 3. The highest BCUT2D eigenvalue weighted by Gasteiger charge is 2.30. The second-order valence-electron chi connectivity index (χ2n) is 9.86. The Balaban J connectivity index is 1.22. The number of hydrogen-bond acceptors (Lipinski definition) is 7. The molecule has 0 aliphatic carbocycles. The first-order valence-corrected chi connectivity index (χ1v) is 13.0. The Morgan fingerprint density at radius 2 is 1.77 bits per heavy atom. The SMILES string of the molecule is COC1CCN(CC(=O)Cc2cc(Oc3ccc4c(c3)nc(Nc3ccc(C(F)(F)F)cc3)n4C)ccn2)CC1. The summed E-state index contributed by atoms with van der Waals surface area (Å²) in [6, 6.07) is 13.7. The third-order valence-electron chi connectivity index (χ3n) is 6.99. The van der Waals surface area contributed by atoms with Crippen LogP contribution < -0.4 is 10.1 Å². The monoisotopic (exact) mass is 553 g/mol. The molecule has 0 unspecified atom stereocenters. The maximum Gasteiger partial charge on any atom is 0.416 e. The molecule has 2 aromatic heterocycles. The van der Waals surface area contributed by atoms with Crippen molar-refractivity contribution in [3.05, 3.63) is 72.1 Å². The van der Waals surface area contributed by atoms with E-state index < -0.39 is 11.7 Å². The molecule has 0 amide bonds. The molecule has 1 aliphatic heterocycles. The van der Waals surface area contributed by atoms with Crippen molar-refractivity contribution in [2.24, 2.45) is 7.05 Å². The van der Waals surface area contributed by atoms with Crippen LogP contribution in [0.25, 0.3) is 11.0 Å². The van der Waals surface area contributed by atoms with Crippen molar-refractivity contribution in [3.63, 3.8) is 0 Å². The largest absolute Gasteiger partial charge is 0.457 e. The molecule has 1 fully saturated rings. The van der Waals surface area contributed by atoms with E-state index in [1.165, 1.54) is 12.1 Å². The molecule has 2 aromatic carbocycles. The van der Waals surface area contributed by atoms with Crippen LogP contribution in [0.15, 0.2) is 60.8 Å². The minimum atomic E-state index is -4.39. The van der Waals surface area contributed by atoms with Crippen molar-refractivity contribution < 1.29 is 27.4 Å². The Hall–Kier alpha value is -3.96. The fourth-order valence-electron chi connectivity index (χ4n) is 4.79. The average Bonchev–Trinajstić information content (AvgIpc) is 3.23. The van der Waals surface area contributed by atoms with E-state index in [4.69, 9.17) is 9.47 Å². The van der Waals surface area contributed by atoms with Crippen LogP contribution in [0.4, 0.5) is 24.8 Å². The zero-order valence-corrected chi connectivity index (χ0v) is 22.2. The fourth-order valence-corrected chi connectivity index (χ4v) is 4.79. The number of imidazole rings is 1. The second kappa shape index (κ2) is 11.6. The first-order valence-electron chi connectivity index (χ1n) is 13.0. The summed E-state index contributed by atoms with van der Waals surface area (Å²) in [6.07, 6.45) is -0.418. The summed E-state index contributed by atoms with van der Waals surface area (Å²) in [5.41, 5.74) is 1.88. The van der Waals surface area contributed by atoms with E-state index in [0.717, 1.165) is 43.6 Å². The first kappa shape index (κ1) is 27.6. The summed E-state index contributed by atoms with van der Waals surface area (Å²) < 4.78 is 51.8. The minimum Gasteiger partial charge on any atom is -0.457 e. The number of alkyl halides is 3. The standard InChI is InChI=1S/C29H30F3N5O3/c1-36-27-8-7-24(17-26(27)35-28(36)34-20-5-3-19(4-6-20)29(30,31)32)40-25-9-12-33-21(16-25)15-22(38)18-37-13-10-23(39-2)11-14-37/h3-9,12,16-17,23H,10-11,13-15,18H2,1-2H3,(H,34,35). The number of likely N-dealkylation sites (tertiary alicyclic amines) is 1. The lowest BCUT2D eigenvalue weighted by atomic mass is 10.1. The Kier molecular flexibility index (Phi) is 8.04. The number of benzene rings is 2. The van der Waals surface area contributed by atoms with Gasteiger partial charge in [-0.25, -0.2) is 4.98 Å². The Morgan fingerprint density at radius 1 is 1.05 bits per heavy atom. The number of pyridine rings is 1. The zero-order chi connectivity index (χ0) is 28.3. The quantitative estimate of drug-likeness (QED) is 0.283. The van der Waals surface area contributed by atoms with Crippen LogP contribution in [-0.2, 0) is 29.2 Å². The van der Waals surface area contributed by atoms with Gasteiger partial charge in [-0.05, 0) is 55.3 Å². The lowest BCUT2D eigenvalue weighted by Crippen LogP contribution is -2.39. The normalized spacial score (nSPS) is 14.9. The number of piperidine rings is 1. The highest BCUT2D eigenvalue weighted by molar-refractivity contribution is 5.83. The van der Waals surface area contributed by atoms with Gasteiger partial charge >= 0.3 is 6.18 Å². The number of carbonyl (C=O) groups excluding carboxylic acids is 1. The van der Waals surface area contributed by atoms with Crippen LogP contribution in [0.2, 0.25) is 0 Å². The molecular formula is C29H30F3N5O3. The van der Waals surface area contributed by atoms with Crippen LogP contribution >= 0.6 is 0 Å². The van der Waals surface area contributed by atoms with Gasteiger partial charge < -0.3 is 19.4 Å². The van der Waals surface area contributed by atoms with Gasteiger partial charge in [0.1, 0.15) is 11.5 Å². The Morgan fingerprint density at radius 3 is 2.48 bits per heavy atom. The number of ketones is 1. The number of aromatic nitrogens is 3. The molecule has 1 saturated heterocycles. The zero-order valence-electron chi connectivity index (χ0n) is 22.2. The Labute approximate surface area is 229 Å². The molecule has 1 N–H and O–H groups in total. The van der Waals surface area contributed by atoms with E-state index in [1.54, 1.807) is 37.6 Å². The minimum absolute atomic E-state index is 0.100. The van der Waals surface area contributed by atoms with Crippen LogP contribution in [0.1, 0.15) is 24.1 Å². The molecule has 0 bridgehead atoms. The third-order valence-corrected chi connectivity index (χ3v) is 6.99. The second-order valence-corrected chi connectivity index (χ2v) is 9.86. The number of fused-ring (bicyclic) bond motifs is 1. The number of anilines is 2. The molecule has 4 aromatic rings. The topological polar surface area (TPSA) is 81.5 Å². The molecule has 40 heavy (non-hydrogen) atoms. The van der Waals surface area contributed by atoms with E-state index >= 15 is 0 Å². The van der Waals surface area contributed by atoms with Gasteiger partial charge in [-0.15, -0.1) is 0 Å². The van der Waals surface area contributed by atoms with Crippen LogP contribution in [0, 0.1) is 0 Å². The predicted molar refractivity (Wildman–Crippen MR) is 145 cm³/mol. The fraction of sp³-hybridized carbons (Fsp3) is 0.345. The summed E-state index contributed by atoms with van der Waals surface area (Å²) in [7, 11) is 3.54. The van der Waals surface area contributed by atoms with E-state index in [9.17, 15) is 18.0 Å². The number of methoxy groups -OCH3 is 1. The molecule has 0 atom stereocenters. The third kappa shape index (κ3) is 6.60. The van der Waals surface area contributed by atoms with Crippen molar-refractivity contribution in [2.75, 3.05) is 32.1 Å². The number of nitrogens with zero attached hydrogens (tertiary/aromatic N) is 4. The lowest BCUT2D eigenvalue weighted by Gasteiger charge is -2.30. The molecule has 0 radical (unpaired) electrons. The molecule has 8 nitrogen and oxygen atoms in total. The van der Waals surface area contributed by atoms with Crippen LogP contribution in [0.5, 0.6) is 11.5 Å².